The second-order valence-electron chi connectivity index (χ2n) is 19.4. The van der Waals surface area contributed by atoms with Crippen molar-refractivity contribution in [2.24, 2.45) is 5.73 Å². The zero-order chi connectivity index (χ0) is 55.0. The number of alkyl halides is 4. The fourth-order valence-corrected chi connectivity index (χ4v) is 9.05. The maximum atomic E-state index is 15.0. The molecule has 10 rings (SSSR count). The van der Waals surface area contributed by atoms with E-state index in [0.717, 1.165) is 31.0 Å². The van der Waals surface area contributed by atoms with Crippen LogP contribution in [0.15, 0.2) is 97.1 Å². The minimum atomic E-state index is -3.72. The molecule has 77 heavy (non-hydrogen) atoms. The average molecular weight is 1090 g/mol. The van der Waals surface area contributed by atoms with E-state index in [2.05, 4.69) is 10.2 Å². The third kappa shape index (κ3) is 14.4. The first-order valence-electron chi connectivity index (χ1n) is 25.1. The highest BCUT2D eigenvalue weighted by Gasteiger charge is 2.41. The number of nitrogens with two attached hydrogens (primary N) is 1. The molecule has 4 aliphatic rings. The van der Waals surface area contributed by atoms with Crippen LogP contribution >= 0.6 is 0 Å². The molecule has 414 valence electrons. The average Bonchev–Trinajstić information content (AvgIpc) is 3.43. The van der Waals surface area contributed by atoms with E-state index in [-0.39, 0.29) is 68.5 Å². The highest BCUT2D eigenvalue weighted by atomic mass is 19.3. The highest BCUT2D eigenvalue weighted by molar-refractivity contribution is 5.85. The number of amides is 1. The number of halogens is 8. The van der Waals surface area contributed by atoms with Crippen molar-refractivity contribution < 1.29 is 80.4 Å². The lowest BCUT2D eigenvalue weighted by molar-refractivity contribution is -0.165. The van der Waals surface area contributed by atoms with Crippen molar-refractivity contribution in [1.29, 1.82) is 0 Å². The second kappa shape index (κ2) is 24.7. The van der Waals surface area contributed by atoms with E-state index in [1.54, 1.807) is 54.6 Å². The van der Waals surface area contributed by atoms with Gasteiger partial charge in [-0.05, 0) is 144 Å². The number of aliphatic carboxylic acids is 1. The number of hydrogen-bond acceptors (Lipinski definition) is 11. The van der Waals surface area contributed by atoms with E-state index in [4.69, 9.17) is 29.8 Å². The van der Waals surface area contributed by atoms with Crippen LogP contribution in [-0.4, -0.2) is 127 Å². The number of nitrogens with one attached hydrogen (secondary N) is 1. The van der Waals surface area contributed by atoms with Crippen LogP contribution in [0.4, 0.5) is 35.1 Å². The molecule has 6 aromatic rings. The van der Waals surface area contributed by atoms with Crippen molar-refractivity contribution in [3.8, 4) is 23.0 Å². The molecule has 0 aliphatic carbocycles. The number of ether oxygens (including phenoxy) is 4. The molecule has 4 atom stereocenters. The van der Waals surface area contributed by atoms with Crippen molar-refractivity contribution in [2.45, 2.75) is 74.7 Å². The van der Waals surface area contributed by atoms with E-state index in [1.807, 2.05) is 4.90 Å². The van der Waals surface area contributed by atoms with Gasteiger partial charge in [-0.25, -0.2) is 22.4 Å². The van der Waals surface area contributed by atoms with Gasteiger partial charge in [0.2, 0.25) is 0 Å². The Bertz CT molecular complexity index is 3060. The zero-order valence-corrected chi connectivity index (χ0v) is 41.6. The molecule has 2 saturated heterocycles. The number of nitrogens with zero attached hydrogens (tertiary/aromatic N) is 2. The van der Waals surface area contributed by atoms with Crippen molar-refractivity contribution in [2.75, 3.05) is 65.7 Å². The number of carbonyl (C=O) groups excluding carboxylic acids is 1. The largest absolute Gasteiger partial charge is 0.486 e. The molecule has 6 N–H and O–H groups in total. The number of aliphatic hydroxyl groups is 2. The first kappa shape index (κ1) is 56.4. The smallest absolute Gasteiger partial charge is 0.374 e. The minimum absolute atomic E-state index is 0. The molecule has 1 unspecified atom stereocenters. The number of aliphatic hydroxyl groups excluding tert-OH is 2. The van der Waals surface area contributed by atoms with Crippen molar-refractivity contribution in [1.82, 2.24) is 15.1 Å². The van der Waals surface area contributed by atoms with Gasteiger partial charge in [-0.2, -0.15) is 17.6 Å². The van der Waals surface area contributed by atoms with Crippen molar-refractivity contribution in [3.63, 3.8) is 0 Å². The summed E-state index contributed by atoms with van der Waals surface area (Å²) in [6.07, 6.45) is -1.92. The molecule has 0 spiro atoms. The summed E-state index contributed by atoms with van der Waals surface area (Å²) in [4.78, 5) is 27.1. The summed E-state index contributed by atoms with van der Waals surface area (Å²) in [6, 6.07) is 22.1. The predicted molar refractivity (Wildman–Crippen MR) is 271 cm³/mol. The molecule has 4 heterocycles. The van der Waals surface area contributed by atoms with Crippen LogP contribution in [0.3, 0.4) is 0 Å². The normalized spacial score (nSPS) is 16.8. The monoisotopic (exact) mass is 1080 g/mol. The van der Waals surface area contributed by atoms with E-state index >= 15 is 0 Å². The Morgan fingerprint density at radius 1 is 0.584 bits per heavy atom. The third-order valence-corrected chi connectivity index (χ3v) is 13.7. The van der Waals surface area contributed by atoms with Gasteiger partial charge >= 0.3 is 17.8 Å². The molecule has 1 amide bonds. The maximum absolute atomic E-state index is 15.0. The van der Waals surface area contributed by atoms with Gasteiger partial charge in [0, 0.05) is 33.4 Å². The van der Waals surface area contributed by atoms with Crippen LogP contribution in [0.2, 0.25) is 0 Å². The van der Waals surface area contributed by atoms with Crippen LogP contribution in [0.5, 0.6) is 23.0 Å². The van der Waals surface area contributed by atoms with Crippen molar-refractivity contribution in [3.05, 3.63) is 143 Å². The third-order valence-electron chi connectivity index (χ3n) is 13.7. The fourth-order valence-electron chi connectivity index (χ4n) is 9.05. The quantitative estimate of drug-likeness (QED) is 0.0550. The fraction of sp³-hybridized carbons (Fsp3) is 0.393. The van der Waals surface area contributed by atoms with Gasteiger partial charge in [-0.3, -0.25) is 4.79 Å². The number of carboxylic acids is 1. The van der Waals surface area contributed by atoms with Gasteiger partial charge in [-0.1, -0.05) is 48.5 Å². The highest BCUT2D eigenvalue weighted by Crippen LogP contribution is 2.38. The summed E-state index contributed by atoms with van der Waals surface area (Å²) in [7, 11) is 0. The summed E-state index contributed by atoms with van der Waals surface area (Å²) in [5, 5.41) is 34.7. The van der Waals surface area contributed by atoms with E-state index in [0.29, 0.717) is 71.4 Å². The molecule has 0 aromatic heterocycles. The lowest BCUT2D eigenvalue weighted by Crippen LogP contribution is -2.54. The topological polar surface area (TPSA) is 176 Å². The first-order valence-corrected chi connectivity index (χ1v) is 25.1. The number of hydrogen-bond donors (Lipinski definition) is 5. The number of aryl methyl sites for hydroxylation is 2. The van der Waals surface area contributed by atoms with Crippen LogP contribution in [0.25, 0.3) is 21.5 Å². The van der Waals surface area contributed by atoms with E-state index in [9.17, 15) is 54.9 Å². The van der Waals surface area contributed by atoms with Gasteiger partial charge in [-0.15, -0.1) is 0 Å². The molecule has 0 bridgehead atoms. The minimum Gasteiger partial charge on any atom is -0.486 e. The summed E-state index contributed by atoms with van der Waals surface area (Å²) in [5.41, 5.74) is 7.70. The summed E-state index contributed by atoms with van der Waals surface area (Å²) in [5.74, 6) is -12.6. The van der Waals surface area contributed by atoms with Crippen LogP contribution in [0.1, 0.15) is 61.6 Å². The standard InChI is InChI=1S/C28H28F4N2O4.C14H11F3O2.C14H19FN2O3.H2/c29-21-5-4-18-12-17(2-3-19(18)13-21)6-7-28(31,32)27(36)33-23(16-34-8-1-9-34)25(35)20-14-22(30)26-24(15-20)37-10-11-38-26;15-12-4-3-10-7-9(1-2-11(10)8-12)5-6-14(16,17)13(18)19;15-10-6-9(7-12-14(10)20-5-4-19-12)13(18)11(16)8-17-2-1-3-17;/h2-5,12-15,23,25,35H,1,6-11,16H2,(H,33,36);1-4,7-8H,5-6H2,(H,18,19);6-7,11,13,18H,1-5,8,16H2;1H/t23-,25-;;11-,13?;/m1.1./s1. The van der Waals surface area contributed by atoms with Gasteiger partial charge in [0.1, 0.15) is 44.2 Å². The predicted octanol–water partition coefficient (Wildman–Crippen LogP) is 8.92. The Kier molecular flexibility index (Phi) is 18.1. The molecule has 21 heteroatoms. The van der Waals surface area contributed by atoms with Gasteiger partial charge < -0.3 is 55.1 Å². The lowest BCUT2D eigenvalue weighted by atomic mass is 9.98. The Morgan fingerprint density at radius 3 is 1.48 bits per heavy atom. The number of carboxylic acid groups (broad SMARTS) is 1. The Balaban J connectivity index is 0.000000186. The van der Waals surface area contributed by atoms with Crippen LogP contribution < -0.4 is 30.0 Å². The number of rotatable bonds is 17. The maximum Gasteiger partial charge on any atom is 0.374 e. The Labute approximate surface area is 439 Å². The number of likely N-dealkylation sites (tertiary alicyclic amines) is 2. The molecule has 13 nitrogen and oxygen atoms in total. The lowest BCUT2D eigenvalue weighted by Gasteiger charge is -2.36. The molecule has 2 fully saturated rings. The van der Waals surface area contributed by atoms with Gasteiger partial charge in [0.25, 0.3) is 5.91 Å². The van der Waals surface area contributed by atoms with Crippen molar-refractivity contribution >= 4 is 33.4 Å². The SMILES string of the molecule is N[C@H](CN1CCC1)C(O)c1cc(F)c2c(c1)OCCO2.O=C(N[C@H](CN1CCC1)[C@H](O)c1cc(F)c2c(c1)OCCO2)C(F)(F)CCc1ccc2cc(F)ccc2c1.O=C(O)C(F)(F)CCc1ccc2cc(F)ccc2c1.[HH]. The van der Waals surface area contributed by atoms with Gasteiger partial charge in [0.15, 0.2) is 34.6 Å². The van der Waals surface area contributed by atoms with E-state index in [1.165, 1.54) is 42.8 Å². The summed E-state index contributed by atoms with van der Waals surface area (Å²) in [6.45, 7) is 5.27. The second-order valence-corrected chi connectivity index (χ2v) is 19.4. The van der Waals surface area contributed by atoms with Gasteiger partial charge in [0.05, 0.1) is 12.1 Å². The number of carbonyl (C=O) groups is 2. The first-order chi connectivity index (χ1) is 36.7. The molecule has 0 radical (unpaired) electrons. The molecule has 0 saturated carbocycles. The Morgan fingerprint density at radius 2 is 1.01 bits per heavy atom. The molecule has 6 aromatic carbocycles. The summed E-state index contributed by atoms with van der Waals surface area (Å²) >= 11 is 0. The van der Waals surface area contributed by atoms with Crippen LogP contribution in [0, 0.1) is 23.3 Å². The molecular formula is C56H60F8N4O9. The number of fused-ring (bicyclic) bond motifs is 4. The molecule has 4 aliphatic heterocycles. The Hall–Kier alpha value is -6.78. The zero-order valence-electron chi connectivity index (χ0n) is 41.6. The molecular weight excluding hydrogens is 1020 g/mol. The number of benzene rings is 6. The summed E-state index contributed by atoms with van der Waals surface area (Å²) < 4.78 is 132. The van der Waals surface area contributed by atoms with E-state index < -0.39 is 72.5 Å². The van der Waals surface area contributed by atoms with Crippen LogP contribution in [-0.2, 0) is 22.4 Å².